The number of halogens is 2. The molecule has 3 rings (SSSR count). The monoisotopic (exact) mass is 312 g/mol. The highest BCUT2D eigenvalue weighted by Gasteiger charge is 2.25. The van der Waals surface area contributed by atoms with Crippen molar-refractivity contribution in [3.8, 4) is 5.75 Å². The zero-order chi connectivity index (χ0) is 14.8. The van der Waals surface area contributed by atoms with Gasteiger partial charge in [-0.2, -0.15) is 8.78 Å². The number of hydrogen-bond donors (Lipinski definition) is 2. The maximum atomic E-state index is 12.3. The van der Waals surface area contributed by atoms with Crippen molar-refractivity contribution in [3.63, 3.8) is 0 Å². The highest BCUT2D eigenvalue weighted by Crippen LogP contribution is 2.32. The quantitative estimate of drug-likeness (QED) is 0.836. The van der Waals surface area contributed by atoms with E-state index in [2.05, 4.69) is 15.4 Å². The van der Waals surface area contributed by atoms with E-state index in [9.17, 15) is 8.78 Å². The molecular weight excluding hydrogens is 294 g/mol. The van der Waals surface area contributed by atoms with Crippen LogP contribution in [0.15, 0.2) is 18.2 Å². The van der Waals surface area contributed by atoms with E-state index >= 15 is 0 Å². The fourth-order valence-corrected chi connectivity index (χ4v) is 3.04. The largest absolute Gasteiger partial charge is 0.435 e. The molecular formula is C15H18F2N2OS. The Morgan fingerprint density at radius 2 is 2.05 bits per heavy atom. The molecule has 0 heterocycles. The molecule has 0 spiro atoms. The van der Waals surface area contributed by atoms with Gasteiger partial charge in [-0.3, -0.25) is 0 Å². The Hall–Kier alpha value is -1.43. The van der Waals surface area contributed by atoms with Crippen LogP contribution in [0.4, 0.5) is 8.78 Å². The summed E-state index contributed by atoms with van der Waals surface area (Å²) in [6.07, 6.45) is 5.24. The van der Waals surface area contributed by atoms with Crippen LogP contribution in [0, 0.1) is 0 Å². The van der Waals surface area contributed by atoms with Crippen molar-refractivity contribution in [2.45, 2.75) is 50.8 Å². The molecule has 1 fully saturated rings. The fourth-order valence-electron chi connectivity index (χ4n) is 2.73. The van der Waals surface area contributed by atoms with E-state index in [1.165, 1.54) is 12.8 Å². The molecule has 3 nitrogen and oxygen atoms in total. The Kier molecular flexibility index (Phi) is 4.24. The van der Waals surface area contributed by atoms with Crippen LogP contribution in [-0.2, 0) is 6.42 Å². The minimum Gasteiger partial charge on any atom is -0.435 e. The van der Waals surface area contributed by atoms with Gasteiger partial charge in [0.1, 0.15) is 5.75 Å². The molecule has 21 heavy (non-hydrogen) atoms. The lowest BCUT2D eigenvalue weighted by atomic mass is 9.87. The Labute approximate surface area is 128 Å². The van der Waals surface area contributed by atoms with Crippen molar-refractivity contribution in [2.75, 3.05) is 0 Å². The molecule has 1 saturated carbocycles. The second-order valence-electron chi connectivity index (χ2n) is 5.58. The van der Waals surface area contributed by atoms with Crippen LogP contribution >= 0.6 is 12.2 Å². The highest BCUT2D eigenvalue weighted by molar-refractivity contribution is 7.80. The van der Waals surface area contributed by atoms with E-state index in [1.807, 2.05) is 6.07 Å². The van der Waals surface area contributed by atoms with E-state index in [4.69, 9.17) is 12.2 Å². The number of fused-ring (bicyclic) bond motifs is 1. The first-order valence-electron chi connectivity index (χ1n) is 7.26. The Morgan fingerprint density at radius 3 is 2.76 bits per heavy atom. The first kappa shape index (κ1) is 14.5. The standard InChI is InChI=1S/C15H18F2N2OS/c16-14(17)20-11-6-7-12-9(8-11)2-1-3-13(12)19-15(21)18-10-4-5-10/h6-8,10,13-14H,1-5H2,(H2,18,19,21)/t13-/m0/s1. The van der Waals surface area contributed by atoms with Crippen LogP contribution in [0.25, 0.3) is 0 Å². The molecule has 2 aliphatic carbocycles. The van der Waals surface area contributed by atoms with Gasteiger partial charge in [0, 0.05) is 6.04 Å². The van der Waals surface area contributed by atoms with Gasteiger partial charge < -0.3 is 15.4 Å². The van der Waals surface area contributed by atoms with Crippen LogP contribution in [0.2, 0.25) is 0 Å². The van der Waals surface area contributed by atoms with Gasteiger partial charge in [0.15, 0.2) is 5.11 Å². The van der Waals surface area contributed by atoms with Gasteiger partial charge in [-0.15, -0.1) is 0 Å². The van der Waals surface area contributed by atoms with Crippen molar-refractivity contribution < 1.29 is 13.5 Å². The number of ether oxygens (including phenoxy) is 1. The van der Waals surface area contributed by atoms with Gasteiger partial charge in [0.25, 0.3) is 0 Å². The van der Waals surface area contributed by atoms with E-state index in [1.54, 1.807) is 12.1 Å². The topological polar surface area (TPSA) is 33.3 Å². The van der Waals surface area contributed by atoms with E-state index in [0.29, 0.717) is 11.2 Å². The Bertz CT molecular complexity index is 534. The van der Waals surface area contributed by atoms with Crippen LogP contribution in [0.5, 0.6) is 5.75 Å². The number of thiocarbonyl (C=S) groups is 1. The molecule has 0 aromatic heterocycles. The molecule has 0 amide bonds. The summed E-state index contributed by atoms with van der Waals surface area (Å²) in [5.74, 6) is 0.225. The van der Waals surface area contributed by atoms with Gasteiger partial charge in [-0.25, -0.2) is 0 Å². The molecule has 0 radical (unpaired) electrons. The number of benzene rings is 1. The van der Waals surface area contributed by atoms with E-state index in [-0.39, 0.29) is 11.8 Å². The average molecular weight is 312 g/mol. The summed E-state index contributed by atoms with van der Waals surface area (Å²) in [5.41, 5.74) is 2.19. The third kappa shape index (κ3) is 3.81. The summed E-state index contributed by atoms with van der Waals surface area (Å²) in [4.78, 5) is 0. The maximum absolute atomic E-state index is 12.3. The highest BCUT2D eigenvalue weighted by atomic mass is 32.1. The zero-order valence-corrected chi connectivity index (χ0v) is 12.4. The van der Waals surface area contributed by atoms with Gasteiger partial charge in [0.2, 0.25) is 0 Å². The van der Waals surface area contributed by atoms with Crippen LogP contribution in [0.1, 0.15) is 42.9 Å². The molecule has 1 atom stereocenters. The zero-order valence-electron chi connectivity index (χ0n) is 11.6. The molecule has 2 aliphatic rings. The van der Waals surface area contributed by atoms with Gasteiger partial charge in [-0.1, -0.05) is 6.07 Å². The molecule has 0 unspecified atom stereocenters. The molecule has 2 N–H and O–H groups in total. The van der Waals surface area contributed by atoms with Crippen LogP contribution < -0.4 is 15.4 Å². The van der Waals surface area contributed by atoms with Crippen molar-refractivity contribution >= 4 is 17.3 Å². The summed E-state index contributed by atoms with van der Waals surface area (Å²) in [6.45, 7) is -2.78. The van der Waals surface area contributed by atoms with E-state index < -0.39 is 6.61 Å². The first-order valence-corrected chi connectivity index (χ1v) is 7.67. The molecule has 114 valence electrons. The van der Waals surface area contributed by atoms with Crippen LogP contribution in [-0.4, -0.2) is 17.8 Å². The predicted octanol–water partition coefficient (Wildman–Crippen LogP) is 3.29. The Balaban J connectivity index is 1.69. The summed E-state index contributed by atoms with van der Waals surface area (Å²) in [6, 6.07) is 5.85. The van der Waals surface area contributed by atoms with Gasteiger partial charge in [0.05, 0.1) is 6.04 Å². The molecule has 1 aromatic rings. The van der Waals surface area contributed by atoms with Crippen molar-refractivity contribution in [1.29, 1.82) is 0 Å². The molecule has 0 saturated heterocycles. The van der Waals surface area contributed by atoms with Crippen molar-refractivity contribution in [2.24, 2.45) is 0 Å². The average Bonchev–Trinajstić information content (AvgIpc) is 3.21. The van der Waals surface area contributed by atoms with Crippen LogP contribution in [0.3, 0.4) is 0 Å². The van der Waals surface area contributed by atoms with Crippen molar-refractivity contribution in [1.82, 2.24) is 10.6 Å². The third-order valence-corrected chi connectivity index (χ3v) is 4.11. The minimum absolute atomic E-state index is 0.146. The molecule has 0 aliphatic heterocycles. The summed E-state index contributed by atoms with van der Waals surface area (Å²) >= 11 is 5.32. The number of aryl methyl sites for hydroxylation is 1. The van der Waals surface area contributed by atoms with Gasteiger partial charge in [-0.05, 0) is 67.6 Å². The smallest absolute Gasteiger partial charge is 0.387 e. The number of rotatable bonds is 4. The normalized spacial score (nSPS) is 20.8. The lowest BCUT2D eigenvalue weighted by Gasteiger charge is -2.28. The predicted molar refractivity (Wildman–Crippen MR) is 80.6 cm³/mol. The van der Waals surface area contributed by atoms with Gasteiger partial charge >= 0.3 is 6.61 Å². The first-order chi connectivity index (χ1) is 10.1. The third-order valence-electron chi connectivity index (χ3n) is 3.87. The number of hydrogen-bond acceptors (Lipinski definition) is 2. The summed E-state index contributed by atoms with van der Waals surface area (Å²) in [7, 11) is 0. The second kappa shape index (κ2) is 6.13. The molecule has 1 aromatic carbocycles. The molecule has 6 heteroatoms. The maximum Gasteiger partial charge on any atom is 0.387 e. The molecule has 0 bridgehead atoms. The minimum atomic E-state index is -2.78. The van der Waals surface area contributed by atoms with E-state index in [0.717, 1.165) is 30.4 Å². The lowest BCUT2D eigenvalue weighted by molar-refractivity contribution is -0.0499. The second-order valence-corrected chi connectivity index (χ2v) is 5.98. The summed E-state index contributed by atoms with van der Waals surface area (Å²) < 4.78 is 29.0. The SMILES string of the molecule is FC(F)Oc1ccc2c(c1)CCC[C@@H]2NC(=S)NC1CC1. The van der Waals surface area contributed by atoms with Crippen molar-refractivity contribution in [3.05, 3.63) is 29.3 Å². The summed E-state index contributed by atoms with van der Waals surface area (Å²) in [5, 5.41) is 7.29. The fraction of sp³-hybridized carbons (Fsp3) is 0.533. The number of nitrogens with one attached hydrogen (secondary N) is 2. The Morgan fingerprint density at radius 1 is 1.24 bits per heavy atom. The number of alkyl halides is 2. The lowest BCUT2D eigenvalue weighted by Crippen LogP contribution is -2.39.